The third kappa shape index (κ3) is 7.20. The Morgan fingerprint density at radius 2 is 1.86 bits per heavy atom. The number of ether oxygens (including phenoxy) is 2. The van der Waals surface area contributed by atoms with E-state index < -0.39 is 24.4 Å². The van der Waals surface area contributed by atoms with E-state index in [4.69, 9.17) is 9.47 Å². The number of allylic oxidation sites excluding steroid dienone is 2. The number of aliphatic hydroxyl groups is 3. The number of hydrogen-bond donors (Lipinski definition) is 3. The van der Waals surface area contributed by atoms with Gasteiger partial charge in [0.05, 0.1) is 13.2 Å². The van der Waals surface area contributed by atoms with Crippen molar-refractivity contribution in [2.45, 2.75) is 76.3 Å². The van der Waals surface area contributed by atoms with Crippen molar-refractivity contribution in [1.82, 2.24) is 0 Å². The largest absolute Gasteiger partial charge is 0.394 e. The van der Waals surface area contributed by atoms with Crippen LogP contribution in [0.3, 0.4) is 0 Å². The first-order valence-corrected chi connectivity index (χ1v) is 8.55. The Balaban J connectivity index is 2.04. The van der Waals surface area contributed by atoms with Gasteiger partial charge in [0.15, 0.2) is 0 Å². The van der Waals surface area contributed by atoms with Crippen LogP contribution in [-0.2, 0) is 9.47 Å². The summed E-state index contributed by atoms with van der Waals surface area (Å²) < 4.78 is 10.9. The average Bonchev–Trinajstić information content (AvgIpc) is 2.85. The van der Waals surface area contributed by atoms with E-state index in [0.29, 0.717) is 6.61 Å². The molecule has 1 rings (SSSR count). The van der Waals surface area contributed by atoms with Crippen LogP contribution in [-0.4, -0.2) is 59.6 Å². The van der Waals surface area contributed by atoms with E-state index in [1.807, 2.05) is 0 Å². The number of rotatable bonds is 12. The van der Waals surface area contributed by atoms with Crippen LogP contribution in [0.5, 0.6) is 0 Å². The topological polar surface area (TPSA) is 79.2 Å². The van der Waals surface area contributed by atoms with E-state index in [1.165, 1.54) is 19.3 Å². The maximum Gasteiger partial charge on any atom is 0.114 e. The molecule has 22 heavy (non-hydrogen) atoms. The second-order valence-electron chi connectivity index (χ2n) is 5.91. The standard InChI is InChI=1S/C17H32O5/c1-2-3-4-5-6-7-8-9-10-11-21-15(12-18)17-16(20)14(19)13-22-17/h5-6,14-20H,2-4,7-13H2,1H3/b6-5+/t14-,15+,16-,17-/m1/s1. The van der Waals surface area contributed by atoms with Crippen molar-refractivity contribution in [2.24, 2.45) is 0 Å². The van der Waals surface area contributed by atoms with Crippen molar-refractivity contribution in [3.05, 3.63) is 12.2 Å². The fraction of sp³-hybridized carbons (Fsp3) is 0.882. The van der Waals surface area contributed by atoms with Crippen molar-refractivity contribution < 1.29 is 24.8 Å². The molecular weight excluding hydrogens is 284 g/mol. The SMILES string of the molecule is CCCC/C=C/CCCCCO[C@@H](CO)[C@H]1OC[C@@H](O)[C@H]1O. The van der Waals surface area contributed by atoms with Crippen molar-refractivity contribution in [1.29, 1.82) is 0 Å². The van der Waals surface area contributed by atoms with Crippen LogP contribution in [0, 0.1) is 0 Å². The highest BCUT2D eigenvalue weighted by molar-refractivity contribution is 4.88. The van der Waals surface area contributed by atoms with Crippen LogP contribution in [0.25, 0.3) is 0 Å². The first-order chi connectivity index (χ1) is 10.7. The van der Waals surface area contributed by atoms with Gasteiger partial charge in [-0.2, -0.15) is 0 Å². The van der Waals surface area contributed by atoms with Gasteiger partial charge in [-0.25, -0.2) is 0 Å². The van der Waals surface area contributed by atoms with Gasteiger partial charge in [-0.1, -0.05) is 38.3 Å². The molecule has 0 radical (unpaired) electrons. The highest BCUT2D eigenvalue weighted by Crippen LogP contribution is 2.19. The number of unbranched alkanes of at least 4 members (excludes halogenated alkanes) is 5. The first-order valence-electron chi connectivity index (χ1n) is 8.55. The Kier molecular flexibility index (Phi) is 10.7. The summed E-state index contributed by atoms with van der Waals surface area (Å²) in [5.41, 5.74) is 0. The molecule has 0 spiro atoms. The van der Waals surface area contributed by atoms with Gasteiger partial charge in [0.2, 0.25) is 0 Å². The highest BCUT2D eigenvalue weighted by Gasteiger charge is 2.40. The monoisotopic (exact) mass is 316 g/mol. The molecule has 1 aliphatic rings. The lowest BCUT2D eigenvalue weighted by atomic mass is 10.1. The summed E-state index contributed by atoms with van der Waals surface area (Å²) in [4.78, 5) is 0. The van der Waals surface area contributed by atoms with Crippen LogP contribution in [0.4, 0.5) is 0 Å². The second kappa shape index (κ2) is 12.0. The molecular formula is C17H32O5. The predicted molar refractivity (Wildman–Crippen MR) is 85.7 cm³/mol. The molecule has 0 amide bonds. The lowest BCUT2D eigenvalue weighted by Gasteiger charge is -2.24. The number of hydrogen-bond acceptors (Lipinski definition) is 5. The third-order valence-corrected chi connectivity index (χ3v) is 3.97. The summed E-state index contributed by atoms with van der Waals surface area (Å²) in [5.74, 6) is 0. The molecule has 130 valence electrons. The van der Waals surface area contributed by atoms with Gasteiger partial charge >= 0.3 is 0 Å². The summed E-state index contributed by atoms with van der Waals surface area (Å²) in [6.45, 7) is 2.61. The van der Waals surface area contributed by atoms with Crippen LogP contribution in [0.2, 0.25) is 0 Å². The zero-order chi connectivity index (χ0) is 16.2. The Morgan fingerprint density at radius 1 is 1.14 bits per heavy atom. The Bertz CT molecular complexity index is 295. The molecule has 3 N–H and O–H groups in total. The molecule has 0 bridgehead atoms. The Morgan fingerprint density at radius 3 is 2.45 bits per heavy atom. The molecule has 0 unspecified atom stereocenters. The molecule has 0 saturated carbocycles. The highest BCUT2D eigenvalue weighted by atomic mass is 16.6. The van der Waals surface area contributed by atoms with E-state index in [2.05, 4.69) is 19.1 Å². The smallest absolute Gasteiger partial charge is 0.114 e. The molecule has 0 aromatic heterocycles. The maximum atomic E-state index is 9.75. The van der Waals surface area contributed by atoms with Crippen LogP contribution < -0.4 is 0 Å². The average molecular weight is 316 g/mol. The van der Waals surface area contributed by atoms with Crippen LogP contribution in [0.15, 0.2) is 12.2 Å². The molecule has 0 aromatic carbocycles. The minimum atomic E-state index is -0.981. The summed E-state index contributed by atoms with van der Waals surface area (Å²) in [7, 11) is 0. The molecule has 1 heterocycles. The zero-order valence-corrected chi connectivity index (χ0v) is 13.7. The van der Waals surface area contributed by atoms with E-state index >= 15 is 0 Å². The fourth-order valence-corrected chi connectivity index (χ4v) is 2.54. The van der Waals surface area contributed by atoms with Gasteiger partial charge in [0.1, 0.15) is 24.4 Å². The predicted octanol–water partition coefficient (Wildman–Crippen LogP) is 1.79. The molecule has 0 aromatic rings. The molecule has 5 nitrogen and oxygen atoms in total. The van der Waals surface area contributed by atoms with Crippen molar-refractivity contribution in [3.63, 3.8) is 0 Å². The van der Waals surface area contributed by atoms with Gasteiger partial charge < -0.3 is 24.8 Å². The molecule has 5 heteroatoms. The molecule has 1 fully saturated rings. The normalized spacial score (nSPS) is 26.8. The van der Waals surface area contributed by atoms with E-state index in [9.17, 15) is 15.3 Å². The first kappa shape index (κ1) is 19.6. The third-order valence-electron chi connectivity index (χ3n) is 3.97. The maximum absolute atomic E-state index is 9.75. The minimum absolute atomic E-state index is 0.0933. The van der Waals surface area contributed by atoms with Gasteiger partial charge in [-0.05, 0) is 25.7 Å². The van der Waals surface area contributed by atoms with E-state index in [0.717, 1.165) is 25.7 Å². The second-order valence-corrected chi connectivity index (χ2v) is 5.91. The summed E-state index contributed by atoms with van der Waals surface area (Å²) >= 11 is 0. The Hall–Kier alpha value is -0.460. The fourth-order valence-electron chi connectivity index (χ4n) is 2.54. The van der Waals surface area contributed by atoms with Gasteiger partial charge in [0, 0.05) is 6.61 Å². The van der Waals surface area contributed by atoms with Gasteiger partial charge in [-0.3, -0.25) is 0 Å². The van der Waals surface area contributed by atoms with E-state index in [1.54, 1.807) is 0 Å². The van der Waals surface area contributed by atoms with Crippen molar-refractivity contribution >= 4 is 0 Å². The molecule has 4 atom stereocenters. The van der Waals surface area contributed by atoms with Crippen LogP contribution >= 0.6 is 0 Å². The molecule has 1 aliphatic heterocycles. The van der Waals surface area contributed by atoms with Crippen molar-refractivity contribution in [3.8, 4) is 0 Å². The summed E-state index contributed by atoms with van der Waals surface area (Å²) in [5, 5.41) is 28.5. The lowest BCUT2D eigenvalue weighted by molar-refractivity contribution is -0.101. The zero-order valence-electron chi connectivity index (χ0n) is 13.7. The molecule has 1 saturated heterocycles. The summed E-state index contributed by atoms with van der Waals surface area (Å²) in [6.07, 6.45) is 9.34. The van der Waals surface area contributed by atoms with Crippen LogP contribution in [0.1, 0.15) is 51.9 Å². The van der Waals surface area contributed by atoms with Crippen molar-refractivity contribution in [2.75, 3.05) is 19.8 Å². The number of aliphatic hydroxyl groups excluding tert-OH is 3. The minimum Gasteiger partial charge on any atom is -0.394 e. The van der Waals surface area contributed by atoms with E-state index in [-0.39, 0.29) is 13.2 Å². The van der Waals surface area contributed by atoms with Gasteiger partial charge in [0.25, 0.3) is 0 Å². The Labute approximate surface area is 133 Å². The summed E-state index contributed by atoms with van der Waals surface area (Å²) in [6, 6.07) is 0. The quantitative estimate of drug-likeness (QED) is 0.378. The lowest BCUT2D eigenvalue weighted by Crippen LogP contribution is -2.42. The van der Waals surface area contributed by atoms with Gasteiger partial charge in [-0.15, -0.1) is 0 Å². The molecule has 0 aliphatic carbocycles.